The Bertz CT molecular complexity index is 1950. The first kappa shape index (κ1) is 22.3. The van der Waals surface area contributed by atoms with Crippen molar-refractivity contribution in [3.63, 3.8) is 0 Å². The van der Waals surface area contributed by atoms with Gasteiger partial charge in [0.15, 0.2) is 0 Å². The molecule has 0 bridgehead atoms. The number of hydrogen-bond donors (Lipinski definition) is 0. The van der Waals surface area contributed by atoms with Crippen LogP contribution in [0.25, 0.3) is 27.5 Å². The van der Waals surface area contributed by atoms with E-state index in [1.807, 2.05) is 0 Å². The lowest BCUT2D eigenvalue weighted by atomic mass is 9.33. The zero-order valence-electron chi connectivity index (χ0n) is 23.8. The van der Waals surface area contributed by atoms with Crippen molar-refractivity contribution in [3.8, 4) is 5.69 Å². The molecular formula is C37H35BN2. The third-order valence-corrected chi connectivity index (χ3v) is 12.5. The number of aromatic nitrogens is 1. The zero-order valence-corrected chi connectivity index (χ0v) is 23.8. The smallest absolute Gasteiger partial charge is 0.252 e. The van der Waals surface area contributed by atoms with Crippen molar-refractivity contribution < 1.29 is 0 Å². The van der Waals surface area contributed by atoms with Crippen molar-refractivity contribution >= 4 is 56.3 Å². The molecule has 0 radical (unpaired) electrons. The van der Waals surface area contributed by atoms with Gasteiger partial charge in [0.25, 0.3) is 6.71 Å². The molecule has 5 aromatic rings. The predicted molar refractivity (Wildman–Crippen MR) is 169 cm³/mol. The van der Waals surface area contributed by atoms with Gasteiger partial charge >= 0.3 is 0 Å². The minimum atomic E-state index is 0.0848. The lowest BCUT2D eigenvalue weighted by Gasteiger charge is -2.58. The first-order valence-electron chi connectivity index (χ1n) is 15.6. The SMILES string of the molecule is Cc1cc2c3c(c1)C1(C)C4CCCCC4CCC1(C)N3c1cccc3c1B2c1cccc2c4ccccc4n-3c12. The van der Waals surface area contributed by atoms with Crippen LogP contribution >= 0.6 is 0 Å². The Kier molecular flexibility index (Phi) is 3.93. The molecule has 4 heterocycles. The molecule has 3 heteroatoms. The number of benzene rings is 4. The fourth-order valence-electron chi connectivity index (χ4n) is 10.8. The van der Waals surface area contributed by atoms with Crippen LogP contribution in [0.5, 0.6) is 0 Å². The van der Waals surface area contributed by atoms with Crippen LogP contribution in [-0.2, 0) is 5.41 Å². The maximum Gasteiger partial charge on any atom is 0.252 e. The van der Waals surface area contributed by atoms with Gasteiger partial charge in [-0.05, 0) is 85.1 Å². The third-order valence-electron chi connectivity index (χ3n) is 12.5. The van der Waals surface area contributed by atoms with Crippen molar-refractivity contribution in [2.45, 2.75) is 70.3 Å². The number of nitrogens with zero attached hydrogens (tertiary/aromatic N) is 2. The first-order valence-corrected chi connectivity index (χ1v) is 15.6. The highest BCUT2D eigenvalue weighted by Crippen LogP contribution is 2.66. The summed E-state index contributed by atoms with van der Waals surface area (Å²) in [5.74, 6) is 1.65. The molecule has 5 aliphatic rings. The maximum absolute atomic E-state index is 2.88. The van der Waals surface area contributed by atoms with Gasteiger partial charge in [0, 0.05) is 38.8 Å². The number of hydrogen-bond acceptors (Lipinski definition) is 1. The first-order chi connectivity index (χ1) is 19.5. The molecule has 4 aromatic carbocycles. The Morgan fingerprint density at radius 2 is 1.60 bits per heavy atom. The van der Waals surface area contributed by atoms with Gasteiger partial charge in [-0.2, -0.15) is 0 Å². The summed E-state index contributed by atoms with van der Waals surface area (Å²) in [5, 5.41) is 2.74. The topological polar surface area (TPSA) is 8.17 Å². The van der Waals surface area contributed by atoms with Crippen LogP contribution in [0.15, 0.2) is 72.8 Å². The fraction of sp³-hybridized carbons (Fsp3) is 0.351. The van der Waals surface area contributed by atoms with Crippen LogP contribution in [0.1, 0.15) is 63.5 Å². The number of para-hydroxylation sites is 2. The van der Waals surface area contributed by atoms with E-state index in [0.29, 0.717) is 0 Å². The second-order valence-electron chi connectivity index (χ2n) is 14.0. The monoisotopic (exact) mass is 518 g/mol. The normalized spacial score (nSPS) is 28.9. The van der Waals surface area contributed by atoms with Crippen LogP contribution in [0, 0.1) is 18.8 Å². The van der Waals surface area contributed by atoms with Crippen LogP contribution in [0.4, 0.5) is 11.4 Å². The van der Waals surface area contributed by atoms with E-state index >= 15 is 0 Å². The quantitative estimate of drug-likeness (QED) is 0.197. The summed E-state index contributed by atoms with van der Waals surface area (Å²) in [4.78, 5) is 2.88. The highest BCUT2D eigenvalue weighted by Gasteiger charge is 2.65. The molecule has 0 N–H and O–H groups in total. The Morgan fingerprint density at radius 3 is 2.52 bits per heavy atom. The molecule has 1 aromatic heterocycles. The summed E-state index contributed by atoms with van der Waals surface area (Å²) >= 11 is 0. The number of fused-ring (bicyclic) bond motifs is 12. The van der Waals surface area contributed by atoms with Crippen molar-refractivity contribution in [1.29, 1.82) is 0 Å². The Hall–Kier alpha value is -3.46. The molecule has 4 atom stereocenters. The summed E-state index contributed by atoms with van der Waals surface area (Å²) in [6.07, 6.45) is 8.29. The van der Waals surface area contributed by atoms with E-state index in [1.54, 1.807) is 16.7 Å². The van der Waals surface area contributed by atoms with Gasteiger partial charge in [-0.1, -0.05) is 86.3 Å². The molecule has 0 saturated heterocycles. The summed E-state index contributed by atoms with van der Waals surface area (Å²) in [6, 6.07) is 28.4. The minimum absolute atomic E-state index is 0.0848. The van der Waals surface area contributed by atoms with Crippen LogP contribution in [-0.4, -0.2) is 16.8 Å². The Morgan fingerprint density at radius 1 is 0.800 bits per heavy atom. The van der Waals surface area contributed by atoms with Gasteiger partial charge in [0.2, 0.25) is 0 Å². The predicted octanol–water partition coefficient (Wildman–Crippen LogP) is 7.00. The molecule has 10 rings (SSSR count). The zero-order chi connectivity index (χ0) is 26.5. The van der Waals surface area contributed by atoms with Gasteiger partial charge in [0.1, 0.15) is 0 Å². The van der Waals surface area contributed by atoms with Gasteiger partial charge in [0.05, 0.1) is 11.1 Å². The maximum atomic E-state index is 2.88. The van der Waals surface area contributed by atoms with Crippen LogP contribution in [0.2, 0.25) is 0 Å². The summed E-state index contributed by atoms with van der Waals surface area (Å²) in [5.41, 5.74) is 15.0. The molecule has 3 aliphatic heterocycles. The number of rotatable bonds is 0. The summed E-state index contributed by atoms with van der Waals surface area (Å²) < 4.78 is 2.59. The lowest BCUT2D eigenvalue weighted by molar-refractivity contribution is 0.0321. The van der Waals surface area contributed by atoms with E-state index in [1.165, 1.54) is 88.2 Å². The fourth-order valence-corrected chi connectivity index (χ4v) is 10.8. The average Bonchev–Trinajstić information content (AvgIpc) is 3.42. The van der Waals surface area contributed by atoms with Crippen molar-refractivity contribution in [2.24, 2.45) is 11.8 Å². The lowest BCUT2D eigenvalue weighted by Crippen LogP contribution is -2.65. The van der Waals surface area contributed by atoms with Gasteiger partial charge in [-0.15, -0.1) is 0 Å². The Labute approximate surface area is 237 Å². The molecule has 2 saturated carbocycles. The second kappa shape index (κ2) is 7.05. The van der Waals surface area contributed by atoms with E-state index < -0.39 is 0 Å². The van der Waals surface area contributed by atoms with Crippen molar-refractivity contribution in [3.05, 3.63) is 83.9 Å². The molecule has 4 unspecified atom stereocenters. The summed E-state index contributed by atoms with van der Waals surface area (Å²) in [6.45, 7) is 7.93. The standard InChI is InChI=1S/C37H35BN2/c1-22-20-27-35-29(21-22)38-28-14-8-12-25-24-11-5-7-15-30(24)39(34(25)28)31-16-9-17-32(33(31)38)40(35)36(2)19-18-23-10-4-6-13-26(23)37(27,36)3/h5,7-9,11-12,14-17,20-21,23,26H,4,6,10,13,18-19H2,1-3H3. The third kappa shape index (κ3) is 2.25. The van der Waals surface area contributed by atoms with E-state index in [-0.39, 0.29) is 17.7 Å². The van der Waals surface area contributed by atoms with Gasteiger partial charge < -0.3 is 9.47 Å². The van der Waals surface area contributed by atoms with Crippen molar-refractivity contribution in [1.82, 2.24) is 4.57 Å². The molecule has 2 fully saturated rings. The van der Waals surface area contributed by atoms with E-state index in [9.17, 15) is 0 Å². The van der Waals surface area contributed by atoms with Crippen molar-refractivity contribution in [2.75, 3.05) is 4.90 Å². The molecule has 0 spiro atoms. The van der Waals surface area contributed by atoms with E-state index in [0.717, 1.165) is 11.8 Å². The molecule has 40 heavy (non-hydrogen) atoms. The summed E-state index contributed by atoms with van der Waals surface area (Å²) in [7, 11) is 0. The second-order valence-corrected chi connectivity index (χ2v) is 14.0. The van der Waals surface area contributed by atoms with E-state index in [4.69, 9.17) is 0 Å². The minimum Gasteiger partial charge on any atom is -0.335 e. The molecule has 2 nitrogen and oxygen atoms in total. The highest BCUT2D eigenvalue weighted by molar-refractivity contribution is 7.00. The highest BCUT2D eigenvalue weighted by atomic mass is 15.3. The van der Waals surface area contributed by atoms with E-state index in [2.05, 4.69) is 103 Å². The number of aryl methyl sites for hydroxylation is 1. The van der Waals surface area contributed by atoms with Gasteiger partial charge in [-0.25, -0.2) is 0 Å². The van der Waals surface area contributed by atoms with Crippen LogP contribution < -0.4 is 21.3 Å². The average molecular weight is 519 g/mol. The van der Waals surface area contributed by atoms with Gasteiger partial charge in [-0.3, -0.25) is 0 Å². The molecule has 196 valence electrons. The Balaban J connectivity index is 1.36. The molecular weight excluding hydrogens is 483 g/mol. The molecule has 0 amide bonds. The van der Waals surface area contributed by atoms with Crippen LogP contribution in [0.3, 0.4) is 0 Å². The largest absolute Gasteiger partial charge is 0.335 e. The number of anilines is 2. The molecule has 2 aliphatic carbocycles.